The SMILES string of the molecule is COc1c(I)cc(I)cc1/C=C1\N=C(c2cccs2)OC1=O. The van der Waals surface area contributed by atoms with Crippen molar-refractivity contribution >= 4 is 74.5 Å². The van der Waals surface area contributed by atoms with E-state index in [1.807, 2.05) is 29.6 Å². The smallest absolute Gasteiger partial charge is 0.363 e. The van der Waals surface area contributed by atoms with Crippen molar-refractivity contribution in [2.45, 2.75) is 0 Å². The molecule has 1 aromatic carbocycles. The van der Waals surface area contributed by atoms with Crippen LogP contribution in [0.4, 0.5) is 0 Å². The highest BCUT2D eigenvalue weighted by Crippen LogP contribution is 2.31. The Labute approximate surface area is 158 Å². The monoisotopic (exact) mass is 537 g/mol. The minimum atomic E-state index is -0.445. The fraction of sp³-hybridized carbons (Fsp3) is 0.0667. The molecule has 4 nitrogen and oxygen atoms in total. The van der Waals surface area contributed by atoms with Gasteiger partial charge in [-0.25, -0.2) is 9.79 Å². The van der Waals surface area contributed by atoms with E-state index >= 15 is 0 Å². The summed E-state index contributed by atoms with van der Waals surface area (Å²) in [5.41, 5.74) is 1.08. The van der Waals surface area contributed by atoms with E-state index in [0.29, 0.717) is 5.90 Å². The van der Waals surface area contributed by atoms with Gasteiger partial charge in [0.25, 0.3) is 0 Å². The van der Waals surface area contributed by atoms with Gasteiger partial charge in [-0.3, -0.25) is 0 Å². The number of cyclic esters (lactones) is 1. The predicted molar refractivity (Wildman–Crippen MR) is 103 cm³/mol. The number of carbonyl (C=O) groups excluding carboxylic acids is 1. The zero-order valence-corrected chi connectivity index (χ0v) is 16.4. The third-order valence-corrected chi connectivity index (χ3v) is 5.17. The van der Waals surface area contributed by atoms with Gasteiger partial charge in [0, 0.05) is 9.13 Å². The van der Waals surface area contributed by atoms with Gasteiger partial charge in [-0.1, -0.05) is 6.07 Å². The zero-order valence-electron chi connectivity index (χ0n) is 11.3. The average molecular weight is 537 g/mol. The van der Waals surface area contributed by atoms with Crippen molar-refractivity contribution in [1.29, 1.82) is 0 Å². The Hall–Kier alpha value is -0.940. The Morgan fingerprint density at radius 3 is 2.86 bits per heavy atom. The summed E-state index contributed by atoms with van der Waals surface area (Å²) in [6.07, 6.45) is 1.70. The van der Waals surface area contributed by atoms with E-state index in [4.69, 9.17) is 9.47 Å². The summed E-state index contributed by atoms with van der Waals surface area (Å²) in [5, 5.41) is 1.92. The lowest BCUT2D eigenvalue weighted by Gasteiger charge is -2.08. The van der Waals surface area contributed by atoms with Gasteiger partial charge in [0.2, 0.25) is 5.90 Å². The summed E-state index contributed by atoms with van der Waals surface area (Å²) in [5.74, 6) is 0.631. The molecular formula is C15H9I2NO3S. The first-order chi connectivity index (χ1) is 10.6. The molecule has 0 fully saturated rings. The van der Waals surface area contributed by atoms with Crippen LogP contribution in [0, 0.1) is 7.14 Å². The summed E-state index contributed by atoms with van der Waals surface area (Å²) in [7, 11) is 1.61. The highest BCUT2D eigenvalue weighted by molar-refractivity contribution is 14.1. The van der Waals surface area contributed by atoms with Crippen LogP contribution in [-0.4, -0.2) is 19.0 Å². The van der Waals surface area contributed by atoms with E-state index in [9.17, 15) is 4.79 Å². The highest BCUT2D eigenvalue weighted by Gasteiger charge is 2.25. The number of esters is 1. The zero-order chi connectivity index (χ0) is 15.7. The molecule has 0 atom stereocenters. The minimum Gasteiger partial charge on any atom is -0.495 e. The van der Waals surface area contributed by atoms with Crippen molar-refractivity contribution in [3.8, 4) is 5.75 Å². The molecule has 0 radical (unpaired) electrons. The topological polar surface area (TPSA) is 47.9 Å². The summed E-state index contributed by atoms with van der Waals surface area (Å²) in [6, 6.07) is 7.72. The molecule has 0 spiro atoms. The molecule has 0 unspecified atom stereocenters. The molecule has 2 aromatic rings. The van der Waals surface area contributed by atoms with Crippen molar-refractivity contribution in [3.05, 3.63) is 52.9 Å². The minimum absolute atomic E-state index is 0.277. The summed E-state index contributed by atoms with van der Waals surface area (Å²) in [4.78, 5) is 17.1. The quantitative estimate of drug-likeness (QED) is 0.334. The first kappa shape index (κ1) is 15.9. The van der Waals surface area contributed by atoms with Crippen molar-refractivity contribution in [2.75, 3.05) is 7.11 Å². The normalized spacial score (nSPS) is 15.9. The van der Waals surface area contributed by atoms with Crippen LogP contribution < -0.4 is 4.74 Å². The van der Waals surface area contributed by atoms with Crippen LogP contribution in [-0.2, 0) is 9.53 Å². The molecule has 0 aliphatic carbocycles. The maximum absolute atomic E-state index is 12.0. The molecule has 112 valence electrons. The Bertz CT molecular complexity index is 797. The Morgan fingerprint density at radius 2 is 2.18 bits per heavy atom. The molecule has 0 saturated heterocycles. The second kappa shape index (κ2) is 6.67. The van der Waals surface area contributed by atoms with E-state index in [0.717, 1.165) is 23.3 Å². The molecule has 0 bridgehead atoms. The Balaban J connectivity index is 2.04. The van der Waals surface area contributed by atoms with Gasteiger partial charge in [-0.15, -0.1) is 11.3 Å². The number of halogens is 2. The van der Waals surface area contributed by atoms with E-state index in [2.05, 4.69) is 50.2 Å². The number of thiophene rings is 1. The van der Waals surface area contributed by atoms with E-state index < -0.39 is 5.97 Å². The predicted octanol–water partition coefficient (Wildman–Crippen LogP) is 4.31. The van der Waals surface area contributed by atoms with Gasteiger partial charge >= 0.3 is 5.97 Å². The van der Waals surface area contributed by atoms with Crippen molar-refractivity contribution in [3.63, 3.8) is 0 Å². The third kappa shape index (κ3) is 3.20. The lowest BCUT2D eigenvalue weighted by atomic mass is 10.1. The molecule has 1 aromatic heterocycles. The Morgan fingerprint density at radius 1 is 1.36 bits per heavy atom. The van der Waals surface area contributed by atoms with Crippen LogP contribution in [0.1, 0.15) is 10.4 Å². The van der Waals surface area contributed by atoms with Gasteiger partial charge in [0.05, 0.1) is 15.6 Å². The van der Waals surface area contributed by atoms with Crippen molar-refractivity contribution < 1.29 is 14.3 Å². The van der Waals surface area contributed by atoms with E-state index in [1.165, 1.54) is 11.3 Å². The van der Waals surface area contributed by atoms with E-state index in [1.54, 1.807) is 13.2 Å². The molecule has 0 N–H and O–H groups in total. The molecule has 1 aliphatic heterocycles. The summed E-state index contributed by atoms with van der Waals surface area (Å²) in [6.45, 7) is 0. The maximum Gasteiger partial charge on any atom is 0.363 e. The molecule has 7 heteroatoms. The Kier molecular flexibility index (Phi) is 4.83. The molecule has 1 aliphatic rings. The number of hydrogen-bond donors (Lipinski definition) is 0. The maximum atomic E-state index is 12.0. The molecule has 0 amide bonds. The van der Waals surface area contributed by atoms with Gasteiger partial charge in [0.1, 0.15) is 5.75 Å². The molecule has 0 saturated carbocycles. The van der Waals surface area contributed by atoms with Crippen LogP contribution in [0.15, 0.2) is 40.3 Å². The number of nitrogens with zero attached hydrogens (tertiary/aromatic N) is 1. The van der Waals surface area contributed by atoms with Crippen LogP contribution in [0.3, 0.4) is 0 Å². The van der Waals surface area contributed by atoms with Crippen LogP contribution in [0.5, 0.6) is 5.75 Å². The molecule has 2 heterocycles. The number of ether oxygens (including phenoxy) is 2. The number of rotatable bonds is 3. The van der Waals surface area contributed by atoms with Gasteiger partial charge in [-0.2, -0.15) is 0 Å². The first-order valence-electron chi connectivity index (χ1n) is 6.18. The number of aliphatic imine (C=N–C) groups is 1. The second-order valence-electron chi connectivity index (χ2n) is 4.32. The fourth-order valence-electron chi connectivity index (χ4n) is 1.96. The number of carbonyl (C=O) groups is 1. The molecule has 22 heavy (non-hydrogen) atoms. The van der Waals surface area contributed by atoms with E-state index in [-0.39, 0.29) is 5.70 Å². The van der Waals surface area contributed by atoms with Gasteiger partial charge in [0.15, 0.2) is 5.70 Å². The average Bonchev–Trinajstić information content (AvgIpc) is 3.09. The number of benzene rings is 1. The first-order valence-corrected chi connectivity index (χ1v) is 9.21. The lowest BCUT2D eigenvalue weighted by molar-refractivity contribution is -0.129. The van der Waals surface area contributed by atoms with Crippen molar-refractivity contribution in [2.24, 2.45) is 4.99 Å². The summed E-state index contributed by atoms with van der Waals surface area (Å²) >= 11 is 5.92. The number of hydrogen-bond acceptors (Lipinski definition) is 5. The van der Waals surface area contributed by atoms with Crippen LogP contribution in [0.25, 0.3) is 6.08 Å². The third-order valence-electron chi connectivity index (χ3n) is 2.89. The lowest BCUT2D eigenvalue weighted by Crippen LogP contribution is -2.03. The second-order valence-corrected chi connectivity index (χ2v) is 7.68. The van der Waals surface area contributed by atoms with Crippen molar-refractivity contribution in [1.82, 2.24) is 0 Å². The fourth-order valence-corrected chi connectivity index (χ4v) is 4.72. The standard InChI is InChI=1S/C15H9I2NO3S/c1-20-13-8(5-9(16)7-10(13)17)6-11-15(19)21-14(18-11)12-3-2-4-22-12/h2-7H,1H3/b11-6-. The van der Waals surface area contributed by atoms with Crippen LogP contribution >= 0.6 is 56.5 Å². The van der Waals surface area contributed by atoms with Crippen LogP contribution in [0.2, 0.25) is 0 Å². The highest BCUT2D eigenvalue weighted by atomic mass is 127. The molecular weight excluding hydrogens is 528 g/mol. The van der Waals surface area contributed by atoms with Gasteiger partial charge in [-0.05, 0) is 74.8 Å². The molecule has 3 rings (SSSR count). The van der Waals surface area contributed by atoms with Gasteiger partial charge < -0.3 is 9.47 Å². The largest absolute Gasteiger partial charge is 0.495 e. The summed E-state index contributed by atoms with van der Waals surface area (Å²) < 4.78 is 12.7. The number of methoxy groups -OCH3 is 1.